The number of aromatic amines is 1. The van der Waals surface area contributed by atoms with Gasteiger partial charge in [-0.05, 0) is 25.1 Å². The second kappa shape index (κ2) is 9.43. The maximum Gasteiger partial charge on any atom is 0.314 e. The zero-order valence-corrected chi connectivity index (χ0v) is 17.7. The molecule has 0 aliphatic carbocycles. The molecule has 0 bridgehead atoms. The van der Waals surface area contributed by atoms with Gasteiger partial charge in [0, 0.05) is 23.1 Å². The van der Waals surface area contributed by atoms with Gasteiger partial charge in [-0.1, -0.05) is 36.4 Å². The lowest BCUT2D eigenvalue weighted by Crippen LogP contribution is -2.40. The zero-order valence-electron chi connectivity index (χ0n) is 17.7. The number of rotatable bonds is 6. The van der Waals surface area contributed by atoms with Crippen LogP contribution in [0, 0.1) is 5.92 Å². The minimum absolute atomic E-state index is 0.153. The van der Waals surface area contributed by atoms with Crippen LogP contribution in [0.3, 0.4) is 0 Å². The fraction of sp³-hybridized carbons (Fsp3) is 0.217. The lowest BCUT2D eigenvalue weighted by molar-refractivity contribution is -0.139. The third-order valence-electron chi connectivity index (χ3n) is 5.35. The van der Waals surface area contributed by atoms with Crippen LogP contribution in [0.2, 0.25) is 0 Å². The molecule has 1 aliphatic rings. The van der Waals surface area contributed by atoms with Gasteiger partial charge in [0.25, 0.3) is 17.4 Å². The van der Waals surface area contributed by atoms with Crippen LogP contribution in [0.1, 0.15) is 35.4 Å². The summed E-state index contributed by atoms with van der Waals surface area (Å²) in [5.41, 5.74) is 2.87. The highest BCUT2D eigenvalue weighted by atomic mass is 16.5. The first-order valence-corrected chi connectivity index (χ1v) is 10.3. The van der Waals surface area contributed by atoms with Crippen molar-refractivity contribution in [3.63, 3.8) is 0 Å². The monoisotopic (exact) mass is 447 g/mol. The molecule has 3 aromatic rings. The first-order chi connectivity index (χ1) is 16.0. The molecule has 0 spiro atoms. The Bertz CT molecular complexity index is 1300. The van der Waals surface area contributed by atoms with E-state index >= 15 is 0 Å². The lowest BCUT2D eigenvalue weighted by atomic mass is 10.0. The minimum Gasteiger partial charge on any atom is -0.465 e. The summed E-state index contributed by atoms with van der Waals surface area (Å²) in [5.74, 6) is -2.12. The molecule has 33 heavy (non-hydrogen) atoms. The number of ether oxygens (including phenoxy) is 1. The molecule has 3 N–H and O–H groups in total. The van der Waals surface area contributed by atoms with Gasteiger partial charge in [-0.2, -0.15) is 10.2 Å². The number of carbonyl (C=O) groups excluding carboxylic acids is 3. The number of nitrogens with one attached hydrogen (secondary N) is 3. The summed E-state index contributed by atoms with van der Waals surface area (Å²) in [6.45, 7) is 1.91. The van der Waals surface area contributed by atoms with Gasteiger partial charge in [0.15, 0.2) is 6.04 Å². The van der Waals surface area contributed by atoms with E-state index < -0.39 is 35.3 Å². The number of carbonyl (C=O) groups is 3. The third-order valence-corrected chi connectivity index (χ3v) is 5.35. The van der Waals surface area contributed by atoms with Gasteiger partial charge in [-0.15, -0.1) is 0 Å². The van der Waals surface area contributed by atoms with Crippen molar-refractivity contribution in [1.29, 1.82) is 0 Å². The van der Waals surface area contributed by atoms with Gasteiger partial charge in [0.1, 0.15) is 5.69 Å². The topological polar surface area (TPSA) is 143 Å². The predicted octanol–water partition coefficient (Wildman–Crippen LogP) is 1.45. The Morgan fingerprint density at radius 3 is 2.48 bits per heavy atom. The van der Waals surface area contributed by atoms with Gasteiger partial charge in [-0.3, -0.25) is 19.2 Å². The number of H-pyrrole nitrogens is 1. The predicted molar refractivity (Wildman–Crippen MR) is 119 cm³/mol. The number of cyclic esters (lactones) is 1. The van der Waals surface area contributed by atoms with E-state index in [9.17, 15) is 19.2 Å². The number of hydrazone groups is 1. The van der Waals surface area contributed by atoms with E-state index in [0.29, 0.717) is 35.1 Å². The molecule has 2 heterocycles. The SMILES string of the molecule is C/C(=N\NC(=O)C(NC(=O)c1ccccc1)c1n[nH]c(=O)c2ccccc12)C1CCOC1=O. The highest BCUT2D eigenvalue weighted by molar-refractivity contribution is 6.03. The van der Waals surface area contributed by atoms with Crippen LogP contribution in [0.15, 0.2) is 64.5 Å². The lowest BCUT2D eigenvalue weighted by Gasteiger charge is -2.18. The smallest absolute Gasteiger partial charge is 0.314 e. The summed E-state index contributed by atoms with van der Waals surface area (Å²) < 4.78 is 4.94. The second-order valence-corrected chi connectivity index (χ2v) is 7.49. The van der Waals surface area contributed by atoms with Crippen LogP contribution in [0.4, 0.5) is 0 Å². The van der Waals surface area contributed by atoms with E-state index in [2.05, 4.69) is 26.0 Å². The van der Waals surface area contributed by atoms with E-state index in [1.807, 2.05) is 0 Å². The molecule has 0 saturated carbocycles. The van der Waals surface area contributed by atoms with Gasteiger partial charge >= 0.3 is 5.97 Å². The molecule has 10 heteroatoms. The van der Waals surface area contributed by atoms with Crippen LogP contribution < -0.4 is 16.3 Å². The van der Waals surface area contributed by atoms with Crippen LogP contribution in [0.25, 0.3) is 10.8 Å². The average molecular weight is 447 g/mol. The standard InChI is InChI=1S/C23H21N5O5/c1-13(15-11-12-33-23(15)32)25-28-22(31)19(24-20(29)14-7-3-2-4-8-14)18-16-9-5-6-10-17(16)21(30)27-26-18/h2-10,15,19H,11-12H2,1H3,(H,24,29)(H,27,30)(H,28,31)/b25-13+. The zero-order chi connectivity index (χ0) is 23.4. The van der Waals surface area contributed by atoms with Crippen molar-refractivity contribution in [2.24, 2.45) is 11.0 Å². The Morgan fingerprint density at radius 2 is 1.79 bits per heavy atom. The molecule has 2 aromatic carbocycles. The van der Waals surface area contributed by atoms with E-state index in [1.54, 1.807) is 61.5 Å². The molecule has 10 nitrogen and oxygen atoms in total. The Balaban J connectivity index is 1.68. The number of amides is 2. The minimum atomic E-state index is -1.27. The van der Waals surface area contributed by atoms with Crippen molar-refractivity contribution < 1.29 is 19.1 Å². The largest absolute Gasteiger partial charge is 0.465 e. The van der Waals surface area contributed by atoms with Crippen molar-refractivity contribution in [1.82, 2.24) is 20.9 Å². The van der Waals surface area contributed by atoms with Gasteiger partial charge in [-0.25, -0.2) is 10.5 Å². The van der Waals surface area contributed by atoms with Crippen molar-refractivity contribution in [3.05, 3.63) is 76.2 Å². The highest BCUT2D eigenvalue weighted by Gasteiger charge is 2.31. The number of fused-ring (bicyclic) bond motifs is 1. The molecular weight excluding hydrogens is 426 g/mol. The number of hydrogen-bond donors (Lipinski definition) is 3. The number of nitrogens with zero attached hydrogens (tertiary/aromatic N) is 2. The Kier molecular flexibility index (Phi) is 6.25. The van der Waals surface area contributed by atoms with E-state index in [0.717, 1.165) is 0 Å². The number of hydrogen-bond acceptors (Lipinski definition) is 7. The second-order valence-electron chi connectivity index (χ2n) is 7.49. The summed E-state index contributed by atoms with van der Waals surface area (Å²) >= 11 is 0. The maximum absolute atomic E-state index is 13.2. The van der Waals surface area contributed by atoms with Crippen molar-refractivity contribution in [3.8, 4) is 0 Å². The van der Waals surface area contributed by atoms with Gasteiger partial charge in [0.2, 0.25) is 0 Å². The molecule has 2 unspecified atom stereocenters. The first kappa shape index (κ1) is 21.9. The van der Waals surface area contributed by atoms with Crippen LogP contribution >= 0.6 is 0 Å². The number of aromatic nitrogens is 2. The van der Waals surface area contributed by atoms with E-state index in [-0.39, 0.29) is 5.69 Å². The van der Waals surface area contributed by atoms with Crippen molar-refractivity contribution in [2.45, 2.75) is 19.4 Å². The van der Waals surface area contributed by atoms with Crippen molar-refractivity contribution in [2.75, 3.05) is 6.61 Å². The summed E-state index contributed by atoms with van der Waals surface area (Å²) in [6.07, 6.45) is 0.477. The normalized spacial score (nSPS) is 16.8. The molecule has 2 amide bonds. The fourth-order valence-electron chi connectivity index (χ4n) is 3.58. The molecule has 168 valence electrons. The van der Waals surface area contributed by atoms with Crippen LogP contribution in [-0.2, 0) is 14.3 Å². The van der Waals surface area contributed by atoms with Gasteiger partial charge < -0.3 is 10.1 Å². The molecular formula is C23H21N5O5. The molecule has 1 aromatic heterocycles. The average Bonchev–Trinajstić information content (AvgIpc) is 3.28. The van der Waals surface area contributed by atoms with Crippen molar-refractivity contribution >= 4 is 34.3 Å². The molecule has 2 atom stereocenters. The summed E-state index contributed by atoms with van der Waals surface area (Å²) in [7, 11) is 0. The Morgan fingerprint density at radius 1 is 1.09 bits per heavy atom. The number of benzene rings is 2. The Labute approximate surface area is 188 Å². The summed E-state index contributed by atoms with van der Waals surface area (Å²) in [4.78, 5) is 50.0. The third kappa shape index (κ3) is 4.64. The van der Waals surface area contributed by atoms with Crippen LogP contribution in [-0.4, -0.2) is 40.3 Å². The summed E-state index contributed by atoms with van der Waals surface area (Å²) in [6, 6.07) is 13.7. The molecule has 1 fully saturated rings. The molecule has 1 saturated heterocycles. The van der Waals surface area contributed by atoms with Crippen LogP contribution in [0.5, 0.6) is 0 Å². The molecule has 1 aliphatic heterocycles. The van der Waals surface area contributed by atoms with E-state index in [4.69, 9.17) is 4.74 Å². The van der Waals surface area contributed by atoms with E-state index in [1.165, 1.54) is 0 Å². The quantitative estimate of drug-likeness (QED) is 0.297. The molecule has 0 radical (unpaired) electrons. The molecule has 4 rings (SSSR count). The summed E-state index contributed by atoms with van der Waals surface area (Å²) in [5, 5.41) is 13.9. The maximum atomic E-state index is 13.2. The Hall–Kier alpha value is -4.34. The highest BCUT2D eigenvalue weighted by Crippen LogP contribution is 2.21. The van der Waals surface area contributed by atoms with Gasteiger partial charge in [0.05, 0.1) is 17.9 Å². The fourth-order valence-corrected chi connectivity index (χ4v) is 3.58. The number of esters is 1. The first-order valence-electron chi connectivity index (χ1n) is 10.3.